The summed E-state index contributed by atoms with van der Waals surface area (Å²) in [6, 6.07) is 57.5. The van der Waals surface area contributed by atoms with Crippen molar-refractivity contribution in [3.05, 3.63) is 205 Å². The third kappa shape index (κ3) is 5.61. The van der Waals surface area contributed by atoms with E-state index in [2.05, 4.69) is 205 Å². The molecule has 10 rings (SSSR count). The van der Waals surface area contributed by atoms with Crippen molar-refractivity contribution in [2.45, 2.75) is 19.3 Å². The SMILES string of the molecule is C1#CC(N(c2ccc(-c3cc4ccccc4c4ccccc34)cc2)c2ccccc2C2=CC=CCC2)=CC=C(c2cc3ccccc3c3ccccc23)C1. The van der Waals surface area contributed by atoms with Gasteiger partial charge in [-0.2, -0.15) is 0 Å². The van der Waals surface area contributed by atoms with Gasteiger partial charge in [-0.15, -0.1) is 0 Å². The van der Waals surface area contributed by atoms with Crippen LogP contribution in [0.15, 0.2) is 194 Å². The molecular weight excluding hydrogens is 651 g/mol. The van der Waals surface area contributed by atoms with Gasteiger partial charge in [0, 0.05) is 17.7 Å². The zero-order valence-electron chi connectivity index (χ0n) is 30.0. The van der Waals surface area contributed by atoms with Crippen molar-refractivity contribution in [3.63, 3.8) is 0 Å². The molecule has 8 aromatic rings. The molecule has 0 atom stereocenters. The predicted molar refractivity (Wildman–Crippen MR) is 232 cm³/mol. The molecule has 1 heteroatoms. The summed E-state index contributed by atoms with van der Waals surface area (Å²) in [6.45, 7) is 0. The Hall–Kier alpha value is -6.88. The lowest BCUT2D eigenvalue weighted by Gasteiger charge is -2.28. The van der Waals surface area contributed by atoms with Crippen molar-refractivity contribution in [2.24, 2.45) is 0 Å². The van der Waals surface area contributed by atoms with E-state index in [-0.39, 0.29) is 0 Å². The van der Waals surface area contributed by atoms with Gasteiger partial charge in [0.05, 0.1) is 11.4 Å². The first-order chi connectivity index (χ1) is 26.8. The zero-order valence-corrected chi connectivity index (χ0v) is 30.0. The van der Waals surface area contributed by atoms with E-state index in [4.69, 9.17) is 0 Å². The van der Waals surface area contributed by atoms with E-state index in [0.29, 0.717) is 6.42 Å². The van der Waals surface area contributed by atoms with Gasteiger partial charge >= 0.3 is 0 Å². The number of para-hydroxylation sites is 1. The normalized spacial score (nSPS) is 14.0. The molecule has 0 unspecified atom stereocenters. The van der Waals surface area contributed by atoms with E-state index in [1.807, 2.05) is 0 Å². The Morgan fingerprint density at radius 1 is 0.463 bits per heavy atom. The summed E-state index contributed by atoms with van der Waals surface area (Å²) in [5.74, 6) is 7.23. The largest absolute Gasteiger partial charge is 0.303 e. The molecule has 2 aliphatic carbocycles. The van der Waals surface area contributed by atoms with E-state index in [1.54, 1.807) is 0 Å². The van der Waals surface area contributed by atoms with Crippen LogP contribution in [-0.4, -0.2) is 0 Å². The molecule has 8 aromatic carbocycles. The fourth-order valence-electron chi connectivity index (χ4n) is 8.40. The van der Waals surface area contributed by atoms with Crippen molar-refractivity contribution < 1.29 is 0 Å². The van der Waals surface area contributed by atoms with E-state index in [0.717, 1.165) is 29.9 Å². The van der Waals surface area contributed by atoms with Gasteiger partial charge in [0.25, 0.3) is 0 Å². The number of allylic oxidation sites excluding steroid dienone is 8. The smallest absolute Gasteiger partial charge is 0.0970 e. The summed E-state index contributed by atoms with van der Waals surface area (Å²) < 4.78 is 0. The molecular formula is C53H37N. The summed E-state index contributed by atoms with van der Waals surface area (Å²) in [5.41, 5.74) is 10.7. The Labute approximate surface area is 316 Å². The quantitative estimate of drug-likeness (QED) is 0.124. The second-order valence-corrected chi connectivity index (χ2v) is 14.2. The zero-order chi connectivity index (χ0) is 35.8. The van der Waals surface area contributed by atoms with Gasteiger partial charge in [0.2, 0.25) is 0 Å². The number of benzene rings is 8. The van der Waals surface area contributed by atoms with Crippen molar-refractivity contribution in [2.75, 3.05) is 4.90 Å². The maximum absolute atomic E-state index is 3.64. The molecule has 54 heavy (non-hydrogen) atoms. The third-order valence-electron chi connectivity index (χ3n) is 11.0. The maximum Gasteiger partial charge on any atom is 0.0970 e. The minimum atomic E-state index is 0.668. The Bertz CT molecular complexity index is 2960. The van der Waals surface area contributed by atoms with E-state index in [9.17, 15) is 0 Å². The van der Waals surface area contributed by atoms with Crippen LogP contribution in [0.4, 0.5) is 11.4 Å². The minimum absolute atomic E-state index is 0.668. The topological polar surface area (TPSA) is 3.24 Å². The summed E-state index contributed by atoms with van der Waals surface area (Å²) in [7, 11) is 0. The van der Waals surface area contributed by atoms with Gasteiger partial charge in [0.15, 0.2) is 0 Å². The van der Waals surface area contributed by atoms with E-state index < -0.39 is 0 Å². The van der Waals surface area contributed by atoms with Crippen LogP contribution in [-0.2, 0) is 0 Å². The fraction of sp³-hybridized carbons (Fsp3) is 0.0566. The standard InChI is InChI=1S/C53H37N/c1-2-15-37(16-3-1)46-23-12-13-28-53(46)54(43-33-30-39(31-34-43)52-36-41-18-5-7-22-45(41)48-25-9-11-27-50(48)52)42-20-14-19-38(29-32-42)51-35-40-17-4-6-21-44(40)47-24-8-10-26-49(47)51/h1-2,4-13,15,17-18,21-36H,3,16,19H2. The van der Waals surface area contributed by atoms with Gasteiger partial charge in [0.1, 0.15) is 0 Å². The Balaban J connectivity index is 1.12. The molecule has 0 saturated heterocycles. The lowest BCUT2D eigenvalue weighted by atomic mass is 9.92. The molecule has 0 aliphatic heterocycles. The summed E-state index contributed by atoms with van der Waals surface area (Å²) in [5, 5.41) is 10.1. The average Bonchev–Trinajstić information content (AvgIpc) is 3.50. The van der Waals surface area contributed by atoms with Crippen LogP contribution in [0, 0.1) is 11.8 Å². The maximum atomic E-state index is 3.64. The minimum Gasteiger partial charge on any atom is -0.303 e. The van der Waals surface area contributed by atoms with Crippen LogP contribution in [0.3, 0.4) is 0 Å². The first kappa shape index (κ1) is 31.8. The predicted octanol–water partition coefficient (Wildman–Crippen LogP) is 14.2. The van der Waals surface area contributed by atoms with Gasteiger partial charge < -0.3 is 4.90 Å². The molecule has 0 heterocycles. The van der Waals surface area contributed by atoms with Crippen LogP contribution in [0.2, 0.25) is 0 Å². The first-order valence-corrected chi connectivity index (χ1v) is 18.9. The van der Waals surface area contributed by atoms with Crippen LogP contribution in [0.25, 0.3) is 65.4 Å². The highest BCUT2D eigenvalue weighted by Gasteiger charge is 2.21. The molecule has 0 saturated carbocycles. The number of anilines is 2. The van der Waals surface area contributed by atoms with E-state index in [1.165, 1.54) is 76.5 Å². The van der Waals surface area contributed by atoms with Crippen molar-refractivity contribution in [1.82, 2.24) is 0 Å². The molecule has 0 spiro atoms. The van der Waals surface area contributed by atoms with Crippen molar-refractivity contribution in [3.8, 4) is 23.0 Å². The van der Waals surface area contributed by atoms with Crippen molar-refractivity contribution in [1.29, 1.82) is 0 Å². The van der Waals surface area contributed by atoms with Crippen LogP contribution in [0.5, 0.6) is 0 Å². The molecule has 1 nitrogen and oxygen atoms in total. The highest BCUT2D eigenvalue weighted by molar-refractivity contribution is 6.14. The Morgan fingerprint density at radius 2 is 1.06 bits per heavy atom. The van der Waals surface area contributed by atoms with E-state index >= 15 is 0 Å². The molecule has 0 aromatic heterocycles. The van der Waals surface area contributed by atoms with Crippen LogP contribution >= 0.6 is 0 Å². The van der Waals surface area contributed by atoms with Gasteiger partial charge in [-0.1, -0.05) is 158 Å². The molecule has 254 valence electrons. The molecule has 0 fully saturated rings. The Morgan fingerprint density at radius 3 is 1.74 bits per heavy atom. The average molecular weight is 688 g/mol. The lowest BCUT2D eigenvalue weighted by molar-refractivity contribution is 1.05. The summed E-state index contributed by atoms with van der Waals surface area (Å²) >= 11 is 0. The monoisotopic (exact) mass is 687 g/mol. The Kier molecular flexibility index (Phi) is 8.01. The lowest BCUT2D eigenvalue weighted by Crippen LogP contribution is -2.17. The highest BCUT2D eigenvalue weighted by Crippen LogP contribution is 2.41. The number of nitrogens with zero attached hydrogens (tertiary/aromatic N) is 1. The molecule has 0 amide bonds. The van der Waals surface area contributed by atoms with Gasteiger partial charge in [-0.3, -0.25) is 0 Å². The fourth-order valence-corrected chi connectivity index (χ4v) is 8.40. The second kappa shape index (κ2) is 13.6. The van der Waals surface area contributed by atoms with Crippen LogP contribution in [0.1, 0.15) is 30.4 Å². The third-order valence-corrected chi connectivity index (χ3v) is 11.0. The van der Waals surface area contributed by atoms with Crippen LogP contribution < -0.4 is 4.90 Å². The number of hydrogen-bond donors (Lipinski definition) is 0. The van der Waals surface area contributed by atoms with Gasteiger partial charge in [-0.25, -0.2) is 0 Å². The first-order valence-electron chi connectivity index (χ1n) is 18.9. The van der Waals surface area contributed by atoms with Gasteiger partial charge in [-0.05, 0) is 126 Å². The molecule has 2 aliphatic rings. The number of fused-ring (bicyclic) bond motifs is 6. The summed E-state index contributed by atoms with van der Waals surface area (Å²) in [6.07, 6.45) is 14.0. The summed E-state index contributed by atoms with van der Waals surface area (Å²) in [4.78, 5) is 2.36. The highest BCUT2D eigenvalue weighted by atomic mass is 15.1. The number of hydrogen-bond acceptors (Lipinski definition) is 1. The second-order valence-electron chi connectivity index (χ2n) is 14.2. The number of rotatable bonds is 6. The molecule has 0 N–H and O–H groups in total. The molecule has 0 radical (unpaired) electrons. The molecule has 0 bridgehead atoms. The van der Waals surface area contributed by atoms with Crippen molar-refractivity contribution >= 4 is 65.6 Å².